The van der Waals surface area contributed by atoms with Gasteiger partial charge in [0, 0.05) is 27.8 Å². The van der Waals surface area contributed by atoms with E-state index in [1.54, 1.807) is 0 Å². The highest BCUT2D eigenvalue weighted by Crippen LogP contribution is 2.54. The van der Waals surface area contributed by atoms with Gasteiger partial charge in [0.05, 0.1) is 5.69 Å². The molecule has 1 nitrogen and oxygen atoms in total. The molecule has 0 bridgehead atoms. The maximum Gasteiger partial charge on any atom is 0.0569 e. The van der Waals surface area contributed by atoms with Crippen molar-refractivity contribution in [1.29, 1.82) is 0 Å². The summed E-state index contributed by atoms with van der Waals surface area (Å²) in [5, 5.41) is 0. The van der Waals surface area contributed by atoms with Gasteiger partial charge < -0.3 is 4.90 Å². The Morgan fingerprint density at radius 1 is 0.360 bits per heavy atom. The first-order valence-corrected chi connectivity index (χ1v) is 17.8. The predicted molar refractivity (Wildman–Crippen MR) is 212 cm³/mol. The Morgan fingerprint density at radius 3 is 1.36 bits per heavy atom. The van der Waals surface area contributed by atoms with Crippen LogP contribution < -0.4 is 4.90 Å². The lowest BCUT2D eigenvalue weighted by Crippen LogP contribution is -2.18. The standard InChI is InChI=1S/C49H41N/c1-32-14-13-19-38(35-24-22-34(23-25-35)33-15-7-6-8-16-33)47(32)50(36-26-28-41-39-17-9-11-20-43(39)48(2,3)45(41)30-36)37-27-29-42-40-18-10-12-21-44(40)49(4,5)46(42)31-37/h6-31H,1-5H3. The molecule has 0 atom stereocenters. The normalized spacial score (nSPS) is 14.4. The number of hydrogen-bond acceptors (Lipinski definition) is 1. The Balaban J connectivity index is 1.26. The summed E-state index contributed by atoms with van der Waals surface area (Å²) in [5.41, 5.74) is 20.4. The van der Waals surface area contributed by atoms with E-state index in [0.717, 1.165) is 0 Å². The zero-order valence-electron chi connectivity index (χ0n) is 29.5. The molecule has 0 spiro atoms. The molecule has 0 fully saturated rings. The maximum atomic E-state index is 2.52. The smallest absolute Gasteiger partial charge is 0.0569 e. The van der Waals surface area contributed by atoms with Gasteiger partial charge in [0.1, 0.15) is 0 Å². The molecule has 0 heterocycles. The molecule has 0 radical (unpaired) electrons. The van der Waals surface area contributed by atoms with Gasteiger partial charge in [-0.05, 0) is 98.0 Å². The lowest BCUT2D eigenvalue weighted by molar-refractivity contribution is 0.660. The van der Waals surface area contributed by atoms with Gasteiger partial charge in [-0.1, -0.05) is 161 Å². The van der Waals surface area contributed by atoms with Gasteiger partial charge >= 0.3 is 0 Å². The van der Waals surface area contributed by atoms with Crippen molar-refractivity contribution in [2.45, 2.75) is 45.4 Å². The third-order valence-electron chi connectivity index (χ3n) is 11.4. The topological polar surface area (TPSA) is 3.24 Å². The Labute approximate surface area is 296 Å². The second-order valence-electron chi connectivity index (χ2n) is 15.1. The van der Waals surface area contributed by atoms with Crippen molar-refractivity contribution in [1.82, 2.24) is 0 Å². The summed E-state index contributed by atoms with van der Waals surface area (Å²) in [4.78, 5) is 2.52. The van der Waals surface area contributed by atoms with E-state index in [4.69, 9.17) is 0 Å². The molecule has 0 aromatic heterocycles. The highest BCUT2D eigenvalue weighted by Gasteiger charge is 2.38. The number of anilines is 3. The molecular formula is C49H41N. The third kappa shape index (κ3) is 4.53. The van der Waals surface area contributed by atoms with E-state index in [-0.39, 0.29) is 10.8 Å². The van der Waals surface area contributed by atoms with Crippen molar-refractivity contribution >= 4 is 17.1 Å². The molecule has 7 aromatic rings. The van der Waals surface area contributed by atoms with Crippen molar-refractivity contribution in [3.63, 3.8) is 0 Å². The van der Waals surface area contributed by atoms with Crippen molar-refractivity contribution in [2.75, 3.05) is 4.90 Å². The van der Waals surface area contributed by atoms with E-state index in [9.17, 15) is 0 Å². The van der Waals surface area contributed by atoms with E-state index < -0.39 is 0 Å². The Morgan fingerprint density at radius 2 is 0.800 bits per heavy atom. The third-order valence-corrected chi connectivity index (χ3v) is 11.4. The molecule has 7 aromatic carbocycles. The number of para-hydroxylation sites is 1. The van der Waals surface area contributed by atoms with Crippen molar-refractivity contribution in [2.24, 2.45) is 0 Å². The Hall–Kier alpha value is -5.66. The summed E-state index contributed by atoms with van der Waals surface area (Å²) in [5.74, 6) is 0. The molecule has 50 heavy (non-hydrogen) atoms. The summed E-state index contributed by atoms with van der Waals surface area (Å²) in [6, 6.07) is 58.5. The van der Waals surface area contributed by atoms with Crippen LogP contribution in [-0.4, -0.2) is 0 Å². The molecule has 0 amide bonds. The Kier molecular flexibility index (Phi) is 6.80. The minimum absolute atomic E-state index is 0.100. The zero-order valence-corrected chi connectivity index (χ0v) is 29.5. The van der Waals surface area contributed by atoms with Gasteiger partial charge in [0.2, 0.25) is 0 Å². The molecule has 242 valence electrons. The summed E-state index contributed by atoms with van der Waals surface area (Å²) >= 11 is 0. The molecule has 0 N–H and O–H groups in total. The molecule has 2 aliphatic rings. The van der Waals surface area contributed by atoms with E-state index in [1.807, 2.05) is 0 Å². The molecule has 2 aliphatic carbocycles. The monoisotopic (exact) mass is 643 g/mol. The molecule has 0 unspecified atom stereocenters. The SMILES string of the molecule is Cc1cccc(-c2ccc(-c3ccccc3)cc2)c1N(c1ccc2c(c1)C(C)(C)c1ccccc1-2)c1ccc2c(c1)C(C)(C)c1ccccc1-2. The average molecular weight is 644 g/mol. The van der Waals surface area contributed by atoms with Crippen LogP contribution in [0.2, 0.25) is 0 Å². The first-order chi connectivity index (χ1) is 24.2. The van der Waals surface area contributed by atoms with E-state index in [2.05, 4.69) is 197 Å². The molecule has 1 heteroatoms. The second kappa shape index (κ2) is 11.2. The zero-order chi connectivity index (χ0) is 34.2. The first kappa shape index (κ1) is 30.4. The van der Waals surface area contributed by atoms with Crippen LogP contribution in [0.3, 0.4) is 0 Å². The fourth-order valence-corrected chi connectivity index (χ4v) is 8.73. The van der Waals surface area contributed by atoms with Crippen LogP contribution in [0.1, 0.15) is 55.5 Å². The molecular weight excluding hydrogens is 603 g/mol. The molecule has 0 aliphatic heterocycles. The summed E-state index contributed by atoms with van der Waals surface area (Å²) in [6.45, 7) is 11.7. The minimum atomic E-state index is -0.100. The fraction of sp³-hybridized carbons (Fsp3) is 0.143. The van der Waals surface area contributed by atoms with Gasteiger partial charge in [-0.2, -0.15) is 0 Å². The lowest BCUT2D eigenvalue weighted by Gasteiger charge is -2.32. The quantitative estimate of drug-likeness (QED) is 0.180. The van der Waals surface area contributed by atoms with Gasteiger partial charge in [-0.3, -0.25) is 0 Å². The van der Waals surface area contributed by atoms with Crippen LogP contribution in [0.5, 0.6) is 0 Å². The van der Waals surface area contributed by atoms with E-state index in [1.165, 1.54) is 89.4 Å². The highest BCUT2D eigenvalue weighted by molar-refractivity contribution is 5.93. The van der Waals surface area contributed by atoms with E-state index >= 15 is 0 Å². The van der Waals surface area contributed by atoms with Crippen LogP contribution in [0, 0.1) is 6.92 Å². The summed E-state index contributed by atoms with van der Waals surface area (Å²) < 4.78 is 0. The van der Waals surface area contributed by atoms with Gasteiger partial charge in [-0.25, -0.2) is 0 Å². The molecule has 0 saturated heterocycles. The average Bonchev–Trinajstić information content (AvgIpc) is 3.52. The second-order valence-corrected chi connectivity index (χ2v) is 15.1. The summed E-state index contributed by atoms with van der Waals surface area (Å²) in [7, 11) is 0. The van der Waals surface area contributed by atoms with Crippen LogP contribution in [0.4, 0.5) is 17.1 Å². The number of aryl methyl sites for hydroxylation is 1. The van der Waals surface area contributed by atoms with Crippen LogP contribution >= 0.6 is 0 Å². The number of nitrogens with zero attached hydrogens (tertiary/aromatic N) is 1. The van der Waals surface area contributed by atoms with Crippen molar-refractivity contribution < 1.29 is 0 Å². The van der Waals surface area contributed by atoms with Crippen molar-refractivity contribution in [3.8, 4) is 44.5 Å². The van der Waals surface area contributed by atoms with Gasteiger partial charge in [-0.15, -0.1) is 0 Å². The van der Waals surface area contributed by atoms with Crippen LogP contribution in [-0.2, 0) is 10.8 Å². The number of benzene rings is 7. The number of hydrogen-bond donors (Lipinski definition) is 0. The molecule has 9 rings (SSSR count). The number of fused-ring (bicyclic) bond motifs is 6. The fourth-order valence-electron chi connectivity index (χ4n) is 8.73. The number of rotatable bonds is 5. The largest absolute Gasteiger partial charge is 0.310 e. The van der Waals surface area contributed by atoms with Gasteiger partial charge in [0.25, 0.3) is 0 Å². The van der Waals surface area contributed by atoms with Crippen molar-refractivity contribution in [3.05, 3.63) is 186 Å². The van der Waals surface area contributed by atoms with Crippen LogP contribution in [0.15, 0.2) is 158 Å². The highest BCUT2D eigenvalue weighted by atomic mass is 15.1. The predicted octanol–water partition coefficient (Wildman–Crippen LogP) is 13.4. The molecule has 0 saturated carbocycles. The minimum Gasteiger partial charge on any atom is -0.310 e. The lowest BCUT2D eigenvalue weighted by atomic mass is 9.82. The maximum absolute atomic E-state index is 2.52. The Bertz CT molecular complexity index is 2320. The summed E-state index contributed by atoms with van der Waals surface area (Å²) in [6.07, 6.45) is 0. The van der Waals surface area contributed by atoms with Crippen LogP contribution in [0.25, 0.3) is 44.5 Å². The van der Waals surface area contributed by atoms with Gasteiger partial charge in [0.15, 0.2) is 0 Å². The van der Waals surface area contributed by atoms with E-state index in [0.29, 0.717) is 0 Å². The first-order valence-electron chi connectivity index (χ1n) is 17.8.